The van der Waals surface area contributed by atoms with Crippen LogP contribution in [0.1, 0.15) is 5.69 Å². The van der Waals surface area contributed by atoms with E-state index in [1.807, 2.05) is 48.7 Å². The number of allylic oxidation sites excluding steroid dienone is 1. The van der Waals surface area contributed by atoms with Crippen LogP contribution < -0.4 is 11.5 Å². The number of hydrogen-bond acceptors (Lipinski definition) is 2. The quantitative estimate of drug-likeness (QED) is 0.512. The van der Waals surface area contributed by atoms with Crippen LogP contribution in [0.3, 0.4) is 0 Å². The molecule has 102 valence electrons. The first-order valence-corrected chi connectivity index (χ1v) is 6.68. The number of aromatic nitrogens is 1. The van der Waals surface area contributed by atoms with Gasteiger partial charge in [-0.25, -0.2) is 0 Å². The highest BCUT2D eigenvalue weighted by Gasteiger charge is 2.03. The molecule has 0 aliphatic heterocycles. The first kappa shape index (κ1) is 14.1. The third kappa shape index (κ3) is 3.58. The van der Waals surface area contributed by atoms with E-state index >= 15 is 0 Å². The second-order valence-corrected chi connectivity index (χ2v) is 4.76. The highest BCUT2D eigenvalue weighted by Crippen LogP contribution is 2.22. The van der Waals surface area contributed by atoms with Crippen molar-refractivity contribution < 1.29 is 0 Å². The Hall–Kier alpha value is -2.34. The Morgan fingerprint density at radius 1 is 1.15 bits per heavy atom. The van der Waals surface area contributed by atoms with Gasteiger partial charge in [-0.05, 0) is 52.3 Å². The molecule has 0 amide bonds. The van der Waals surface area contributed by atoms with Crippen molar-refractivity contribution in [3.63, 3.8) is 0 Å². The number of guanidine groups is 1. The molecular weight excluding hydrogens is 318 g/mol. The zero-order valence-electron chi connectivity index (χ0n) is 10.6. The fourth-order valence-electron chi connectivity index (χ4n) is 1.68. The Morgan fingerprint density at radius 3 is 2.70 bits per heavy atom. The molecule has 0 saturated carbocycles. The van der Waals surface area contributed by atoms with Crippen molar-refractivity contribution in [2.45, 2.75) is 0 Å². The van der Waals surface area contributed by atoms with Crippen LogP contribution in [0.25, 0.3) is 11.8 Å². The van der Waals surface area contributed by atoms with Gasteiger partial charge in [-0.3, -0.25) is 0 Å². The van der Waals surface area contributed by atoms with Crippen LogP contribution in [0.15, 0.2) is 63.3 Å². The summed E-state index contributed by atoms with van der Waals surface area (Å²) in [6, 6.07) is 12.0. The summed E-state index contributed by atoms with van der Waals surface area (Å²) in [5.41, 5.74) is 12.4. The van der Waals surface area contributed by atoms with Gasteiger partial charge in [-0.15, -0.1) is 5.10 Å². The molecule has 0 atom stereocenters. The van der Waals surface area contributed by atoms with Gasteiger partial charge in [0.15, 0.2) is 0 Å². The summed E-state index contributed by atoms with van der Waals surface area (Å²) < 4.78 is 3.09. The molecule has 2 rings (SSSR count). The zero-order valence-corrected chi connectivity index (χ0v) is 12.2. The average Bonchev–Trinajstić information content (AvgIpc) is 2.87. The minimum Gasteiger partial charge on any atom is -0.369 e. The van der Waals surface area contributed by atoms with Gasteiger partial charge < -0.3 is 16.0 Å². The summed E-state index contributed by atoms with van der Waals surface area (Å²) >= 11 is 3.54. The molecule has 0 aliphatic rings. The summed E-state index contributed by atoms with van der Waals surface area (Å²) in [5, 5.41) is 7.21. The predicted octanol–water partition coefficient (Wildman–Crippen LogP) is 2.51. The number of hydrogen-bond donors (Lipinski definition) is 2. The molecular formula is C14H14BrN5. The lowest BCUT2D eigenvalue weighted by Crippen LogP contribution is -2.21. The maximum absolute atomic E-state index is 5.17. The number of nitrogens with two attached hydrogens (primary N) is 2. The highest BCUT2D eigenvalue weighted by molar-refractivity contribution is 9.10. The van der Waals surface area contributed by atoms with E-state index in [1.54, 1.807) is 6.08 Å². The minimum atomic E-state index is -0.0637. The maximum Gasteiger partial charge on any atom is 0.211 e. The van der Waals surface area contributed by atoms with Gasteiger partial charge in [-0.2, -0.15) is 5.10 Å². The fraction of sp³-hybridized carbons (Fsp3) is 0. The van der Waals surface area contributed by atoms with E-state index < -0.39 is 0 Å². The number of para-hydroxylation sites is 1. The molecule has 1 aromatic carbocycles. The standard InChI is InChI=1S/C14H14BrN5/c15-12-7-1-2-8-13(12)20-10-4-6-11(20)5-3-9-18-19-14(16)17/h1-10H,(H4,16,17,19). The van der Waals surface area contributed by atoms with E-state index in [9.17, 15) is 0 Å². The largest absolute Gasteiger partial charge is 0.369 e. The molecule has 4 N–H and O–H groups in total. The highest BCUT2D eigenvalue weighted by atomic mass is 79.9. The minimum absolute atomic E-state index is 0.0637. The van der Waals surface area contributed by atoms with Gasteiger partial charge in [0, 0.05) is 22.6 Å². The SMILES string of the molecule is NC(N)=NN=CC=Cc1cccn1-c1ccccc1Br. The Labute approximate surface area is 125 Å². The van der Waals surface area contributed by atoms with Crippen molar-refractivity contribution in [1.29, 1.82) is 0 Å². The smallest absolute Gasteiger partial charge is 0.211 e. The summed E-state index contributed by atoms with van der Waals surface area (Å²) in [4.78, 5) is 0. The third-order valence-electron chi connectivity index (χ3n) is 2.49. The first-order chi connectivity index (χ1) is 9.68. The number of nitrogens with zero attached hydrogens (tertiary/aromatic N) is 3. The van der Waals surface area contributed by atoms with E-state index in [1.165, 1.54) is 6.21 Å². The molecule has 0 spiro atoms. The van der Waals surface area contributed by atoms with Crippen LogP contribution in [0.2, 0.25) is 0 Å². The monoisotopic (exact) mass is 331 g/mol. The molecule has 20 heavy (non-hydrogen) atoms. The van der Waals surface area contributed by atoms with Crippen LogP contribution in [0, 0.1) is 0 Å². The molecule has 2 aromatic rings. The summed E-state index contributed by atoms with van der Waals surface area (Å²) in [6.45, 7) is 0. The molecule has 0 radical (unpaired) electrons. The molecule has 0 aliphatic carbocycles. The van der Waals surface area contributed by atoms with Crippen LogP contribution in [-0.4, -0.2) is 16.7 Å². The molecule has 5 nitrogen and oxygen atoms in total. The van der Waals surface area contributed by atoms with Gasteiger partial charge in [0.25, 0.3) is 0 Å². The molecule has 1 aromatic heterocycles. The Bertz CT molecular complexity index is 666. The molecule has 0 fully saturated rings. The lowest BCUT2D eigenvalue weighted by atomic mass is 10.3. The number of halogens is 1. The van der Waals surface area contributed by atoms with Crippen molar-refractivity contribution >= 4 is 34.2 Å². The average molecular weight is 332 g/mol. The van der Waals surface area contributed by atoms with Gasteiger partial charge in [0.05, 0.1) is 5.69 Å². The summed E-state index contributed by atoms with van der Waals surface area (Å²) in [7, 11) is 0. The maximum atomic E-state index is 5.17. The second kappa shape index (κ2) is 6.72. The number of benzene rings is 1. The summed E-state index contributed by atoms with van der Waals surface area (Å²) in [5.74, 6) is -0.0637. The van der Waals surface area contributed by atoms with Gasteiger partial charge in [0.2, 0.25) is 5.96 Å². The molecule has 0 bridgehead atoms. The lowest BCUT2D eigenvalue weighted by molar-refractivity contribution is 1.05. The normalized spacial score (nSPS) is 11.2. The predicted molar refractivity (Wildman–Crippen MR) is 86.8 cm³/mol. The second-order valence-electron chi connectivity index (χ2n) is 3.90. The molecule has 6 heteroatoms. The Kier molecular flexibility index (Phi) is 4.73. The van der Waals surface area contributed by atoms with E-state index in [4.69, 9.17) is 11.5 Å². The lowest BCUT2D eigenvalue weighted by Gasteiger charge is -2.08. The topological polar surface area (TPSA) is 81.7 Å². The van der Waals surface area contributed by atoms with Crippen LogP contribution in [0.4, 0.5) is 0 Å². The Morgan fingerprint density at radius 2 is 1.95 bits per heavy atom. The van der Waals surface area contributed by atoms with Crippen molar-refractivity contribution in [3.8, 4) is 5.69 Å². The first-order valence-electron chi connectivity index (χ1n) is 5.89. The zero-order chi connectivity index (χ0) is 14.4. The van der Waals surface area contributed by atoms with Crippen molar-refractivity contribution in [3.05, 3.63) is 58.8 Å². The van der Waals surface area contributed by atoms with E-state index in [0.717, 1.165) is 15.9 Å². The van der Waals surface area contributed by atoms with E-state index in [2.05, 4.69) is 30.7 Å². The van der Waals surface area contributed by atoms with Crippen LogP contribution in [0.5, 0.6) is 0 Å². The fourth-order valence-corrected chi connectivity index (χ4v) is 2.15. The van der Waals surface area contributed by atoms with Crippen LogP contribution in [-0.2, 0) is 0 Å². The van der Waals surface area contributed by atoms with Crippen molar-refractivity contribution in [1.82, 2.24) is 4.57 Å². The van der Waals surface area contributed by atoms with Gasteiger partial charge >= 0.3 is 0 Å². The van der Waals surface area contributed by atoms with E-state index in [0.29, 0.717) is 0 Å². The molecule has 0 unspecified atom stereocenters. The third-order valence-corrected chi connectivity index (χ3v) is 3.16. The summed E-state index contributed by atoms with van der Waals surface area (Å²) in [6.07, 6.45) is 7.21. The van der Waals surface area contributed by atoms with Crippen molar-refractivity contribution in [2.75, 3.05) is 0 Å². The van der Waals surface area contributed by atoms with E-state index in [-0.39, 0.29) is 5.96 Å². The van der Waals surface area contributed by atoms with Crippen molar-refractivity contribution in [2.24, 2.45) is 21.7 Å². The van der Waals surface area contributed by atoms with Gasteiger partial charge in [0.1, 0.15) is 0 Å². The molecule has 1 heterocycles. The Balaban J connectivity index is 2.22. The van der Waals surface area contributed by atoms with Crippen LogP contribution >= 0.6 is 15.9 Å². The van der Waals surface area contributed by atoms with Gasteiger partial charge in [-0.1, -0.05) is 12.1 Å². The molecule has 0 saturated heterocycles. The number of rotatable bonds is 4.